The fourth-order valence-corrected chi connectivity index (χ4v) is 4.64. The molecule has 0 aromatic carbocycles. The molecule has 0 fully saturated rings. The molecule has 0 aliphatic rings. The first-order chi connectivity index (χ1) is 7.18. The second-order valence-corrected chi connectivity index (χ2v) is 6.41. The van der Waals surface area contributed by atoms with Gasteiger partial charge in [0.15, 0.2) is 0 Å². The first-order valence-corrected chi connectivity index (χ1v) is 7.32. The summed E-state index contributed by atoms with van der Waals surface area (Å²) in [4.78, 5) is 5.57. The summed E-state index contributed by atoms with van der Waals surface area (Å²) in [5.74, 6) is 0. The van der Waals surface area contributed by atoms with E-state index in [9.17, 15) is 0 Å². The second-order valence-electron chi connectivity index (χ2n) is 3.03. The summed E-state index contributed by atoms with van der Waals surface area (Å²) in [7, 11) is 0. The van der Waals surface area contributed by atoms with Crippen molar-refractivity contribution >= 4 is 75.0 Å². The number of nitrogens with zero attached hydrogens (tertiary/aromatic N) is 2. The van der Waals surface area contributed by atoms with Crippen LogP contribution < -0.4 is 0 Å². The van der Waals surface area contributed by atoms with Crippen LogP contribution in [0.3, 0.4) is 0 Å². The molecule has 3 heterocycles. The Morgan fingerprint density at radius 3 is 2.80 bits per heavy atom. The minimum atomic E-state index is 0.997. The van der Waals surface area contributed by atoms with Gasteiger partial charge in [-0.3, -0.25) is 9.38 Å². The highest BCUT2D eigenvalue weighted by Gasteiger charge is 2.11. The van der Waals surface area contributed by atoms with Gasteiger partial charge in [0.2, 0.25) is 0 Å². The van der Waals surface area contributed by atoms with Crippen LogP contribution in [0.1, 0.15) is 0 Å². The minimum Gasteiger partial charge on any atom is -0.291 e. The summed E-state index contributed by atoms with van der Waals surface area (Å²) in [6.45, 7) is 0. The van der Waals surface area contributed by atoms with Crippen LogP contribution in [0.2, 0.25) is 0 Å². The van der Waals surface area contributed by atoms with Gasteiger partial charge >= 0.3 is 0 Å². The average Bonchev–Trinajstić information content (AvgIpc) is 2.70. The molecule has 2 nitrogen and oxygen atoms in total. The van der Waals surface area contributed by atoms with Crippen molar-refractivity contribution in [2.75, 3.05) is 0 Å². The molecule has 15 heavy (non-hydrogen) atoms. The van der Waals surface area contributed by atoms with Gasteiger partial charge in [-0.2, -0.15) is 0 Å². The van der Waals surface area contributed by atoms with Gasteiger partial charge in [0, 0.05) is 9.85 Å². The number of aromatic nitrogens is 2. The van der Waals surface area contributed by atoms with Crippen LogP contribution in [0, 0.1) is 0 Å². The van der Waals surface area contributed by atoms with Crippen LogP contribution >= 0.6 is 59.1 Å². The number of rotatable bonds is 0. The molecule has 0 N–H and O–H groups in total. The van der Waals surface area contributed by atoms with E-state index in [-0.39, 0.29) is 0 Å². The Bertz CT molecular complexity index is 671. The third kappa shape index (κ3) is 1.42. The van der Waals surface area contributed by atoms with Crippen LogP contribution in [0.5, 0.6) is 0 Å². The lowest BCUT2D eigenvalue weighted by Gasteiger charge is -1.98. The normalized spacial score (nSPS) is 11.7. The zero-order valence-corrected chi connectivity index (χ0v) is 12.7. The standard InChI is InChI=1S/C9H3Br3N2S/c10-4-1-7(12)14-6(4)2-13-8-5(11)3-15-9(8)14/h1-3H. The second kappa shape index (κ2) is 3.55. The Hall–Kier alpha value is 0.0900. The molecular formula is C9H3Br3N2S. The van der Waals surface area contributed by atoms with Crippen molar-refractivity contribution in [3.8, 4) is 0 Å². The van der Waals surface area contributed by atoms with Gasteiger partial charge in [-0.05, 0) is 53.9 Å². The fraction of sp³-hybridized carbons (Fsp3) is 0. The zero-order valence-electron chi connectivity index (χ0n) is 7.17. The van der Waals surface area contributed by atoms with Crippen molar-refractivity contribution in [1.29, 1.82) is 0 Å². The van der Waals surface area contributed by atoms with E-state index >= 15 is 0 Å². The molecule has 0 saturated heterocycles. The highest BCUT2D eigenvalue weighted by molar-refractivity contribution is 9.11. The number of fused-ring (bicyclic) bond motifs is 3. The summed E-state index contributed by atoms with van der Waals surface area (Å²) in [6, 6.07) is 2.03. The predicted molar refractivity (Wildman–Crippen MR) is 73.7 cm³/mol. The Morgan fingerprint density at radius 1 is 1.20 bits per heavy atom. The monoisotopic (exact) mass is 408 g/mol. The van der Waals surface area contributed by atoms with Crippen molar-refractivity contribution in [3.05, 3.63) is 31.2 Å². The quantitative estimate of drug-likeness (QED) is 0.518. The molecule has 6 heteroatoms. The minimum absolute atomic E-state index is 0.997. The molecule has 0 amide bonds. The maximum absolute atomic E-state index is 4.43. The van der Waals surface area contributed by atoms with Crippen LogP contribution in [-0.4, -0.2) is 9.38 Å². The van der Waals surface area contributed by atoms with E-state index < -0.39 is 0 Å². The lowest BCUT2D eigenvalue weighted by Crippen LogP contribution is -1.86. The summed E-state index contributed by atoms with van der Waals surface area (Å²) in [5.41, 5.74) is 2.07. The van der Waals surface area contributed by atoms with Gasteiger partial charge in [0.25, 0.3) is 0 Å². The van der Waals surface area contributed by atoms with E-state index in [1.165, 1.54) is 0 Å². The molecule has 0 radical (unpaired) electrons. The first kappa shape index (κ1) is 10.3. The first-order valence-electron chi connectivity index (χ1n) is 4.06. The molecule has 0 saturated carbocycles. The van der Waals surface area contributed by atoms with Crippen molar-refractivity contribution in [2.24, 2.45) is 0 Å². The maximum Gasteiger partial charge on any atom is 0.128 e. The molecule has 0 atom stereocenters. The van der Waals surface area contributed by atoms with Crippen LogP contribution in [0.25, 0.3) is 15.9 Å². The van der Waals surface area contributed by atoms with Gasteiger partial charge in [0.1, 0.15) is 10.3 Å². The van der Waals surface area contributed by atoms with Gasteiger partial charge in [0.05, 0.1) is 20.8 Å². The van der Waals surface area contributed by atoms with Gasteiger partial charge in [-0.15, -0.1) is 11.3 Å². The molecule has 3 aromatic heterocycles. The summed E-state index contributed by atoms with van der Waals surface area (Å²) in [5, 5.41) is 2.05. The highest BCUT2D eigenvalue weighted by atomic mass is 79.9. The smallest absolute Gasteiger partial charge is 0.128 e. The topological polar surface area (TPSA) is 17.3 Å². The van der Waals surface area contributed by atoms with E-state index in [1.807, 2.05) is 12.3 Å². The Labute approximate surface area is 115 Å². The number of hydrogen-bond donors (Lipinski definition) is 0. The van der Waals surface area contributed by atoms with Crippen LogP contribution in [0.4, 0.5) is 0 Å². The Kier molecular flexibility index (Phi) is 2.43. The Balaban J connectivity index is 2.64. The lowest BCUT2D eigenvalue weighted by atomic mass is 10.5. The highest BCUT2D eigenvalue weighted by Crippen LogP contribution is 2.34. The lowest BCUT2D eigenvalue weighted by molar-refractivity contribution is 1.21. The summed E-state index contributed by atoms with van der Waals surface area (Å²) < 4.78 is 5.27. The summed E-state index contributed by atoms with van der Waals surface area (Å²) in [6.07, 6.45) is 1.87. The van der Waals surface area contributed by atoms with E-state index in [1.54, 1.807) is 11.3 Å². The molecule has 0 spiro atoms. The van der Waals surface area contributed by atoms with Gasteiger partial charge < -0.3 is 0 Å². The Morgan fingerprint density at radius 2 is 2.00 bits per heavy atom. The third-order valence-corrected chi connectivity index (χ3v) is 5.25. The van der Waals surface area contributed by atoms with Gasteiger partial charge in [-0.25, -0.2) is 0 Å². The average molecular weight is 411 g/mol. The predicted octanol–water partition coefficient (Wildman–Crippen LogP) is 4.84. The van der Waals surface area contributed by atoms with E-state index in [2.05, 4.69) is 62.6 Å². The zero-order chi connectivity index (χ0) is 10.6. The molecule has 0 aliphatic heterocycles. The van der Waals surface area contributed by atoms with E-state index in [0.29, 0.717) is 0 Å². The third-order valence-electron chi connectivity index (χ3n) is 2.17. The molecule has 76 valence electrons. The number of hydrogen-bond acceptors (Lipinski definition) is 2. The van der Waals surface area contributed by atoms with Crippen LogP contribution in [-0.2, 0) is 0 Å². The van der Waals surface area contributed by atoms with E-state index in [0.717, 1.165) is 29.4 Å². The largest absolute Gasteiger partial charge is 0.291 e. The summed E-state index contributed by atoms with van der Waals surface area (Å²) >= 11 is 12.2. The van der Waals surface area contributed by atoms with Crippen LogP contribution in [0.15, 0.2) is 31.2 Å². The maximum atomic E-state index is 4.43. The van der Waals surface area contributed by atoms with Crippen molar-refractivity contribution in [2.45, 2.75) is 0 Å². The molecule has 0 unspecified atom stereocenters. The van der Waals surface area contributed by atoms with Crippen molar-refractivity contribution in [3.63, 3.8) is 0 Å². The molecule has 3 rings (SSSR count). The fourth-order valence-electron chi connectivity index (χ4n) is 1.51. The number of halogens is 3. The SMILES string of the molecule is Brc1csc2c1ncc1c(Br)cc(Br)n12. The number of thiophene rings is 1. The molecule has 0 bridgehead atoms. The molecule has 0 aliphatic carbocycles. The molecule has 3 aromatic rings. The van der Waals surface area contributed by atoms with Crippen molar-refractivity contribution < 1.29 is 0 Å². The van der Waals surface area contributed by atoms with Crippen molar-refractivity contribution in [1.82, 2.24) is 9.38 Å². The van der Waals surface area contributed by atoms with E-state index in [4.69, 9.17) is 0 Å². The molecular weight excluding hydrogens is 408 g/mol. The van der Waals surface area contributed by atoms with Gasteiger partial charge in [-0.1, -0.05) is 0 Å².